The number of aryl methyl sites for hydroxylation is 2. The Labute approximate surface area is 145 Å². The number of aromatic amines is 1. The van der Waals surface area contributed by atoms with Crippen molar-refractivity contribution in [1.29, 1.82) is 0 Å². The Bertz CT molecular complexity index is 833. The topological polar surface area (TPSA) is 92.9 Å². The molecular weight excluding hydrogens is 320 g/mol. The number of nitrogens with one attached hydrogen (secondary N) is 2. The van der Waals surface area contributed by atoms with Crippen molar-refractivity contribution in [2.45, 2.75) is 70.8 Å². The van der Waals surface area contributed by atoms with Crippen LogP contribution in [0.4, 0.5) is 5.82 Å². The predicted octanol–water partition coefficient (Wildman–Crippen LogP) is 3.15. The maximum absolute atomic E-state index is 12.8. The van der Waals surface area contributed by atoms with Crippen LogP contribution in [0.5, 0.6) is 0 Å². The lowest BCUT2D eigenvalue weighted by Crippen LogP contribution is -2.28. The van der Waals surface area contributed by atoms with Crippen LogP contribution in [0.25, 0.3) is 0 Å². The minimum absolute atomic E-state index is 0.0705. The van der Waals surface area contributed by atoms with Gasteiger partial charge in [0, 0.05) is 17.9 Å². The van der Waals surface area contributed by atoms with Gasteiger partial charge in [-0.15, -0.1) is 0 Å². The van der Waals surface area contributed by atoms with Crippen LogP contribution in [0, 0.1) is 13.8 Å². The van der Waals surface area contributed by atoms with E-state index < -0.39 is 0 Å². The van der Waals surface area contributed by atoms with Crippen molar-refractivity contribution in [3.8, 4) is 0 Å². The molecule has 1 aliphatic heterocycles. The van der Waals surface area contributed by atoms with Gasteiger partial charge in [0.1, 0.15) is 11.6 Å². The minimum Gasteiger partial charge on any atom is -0.361 e. The van der Waals surface area contributed by atoms with Gasteiger partial charge in [-0.2, -0.15) is 0 Å². The Morgan fingerprint density at radius 3 is 2.44 bits per heavy atom. The number of carbonyl (C=O) groups excluding carboxylic acids is 1. The van der Waals surface area contributed by atoms with E-state index in [9.17, 15) is 9.59 Å². The van der Waals surface area contributed by atoms with Gasteiger partial charge in [-0.1, -0.05) is 30.8 Å². The van der Waals surface area contributed by atoms with E-state index in [-0.39, 0.29) is 29.8 Å². The van der Waals surface area contributed by atoms with Crippen LogP contribution in [-0.4, -0.2) is 20.8 Å². The second kappa shape index (κ2) is 6.20. The second-order valence-corrected chi connectivity index (χ2v) is 7.26. The first kappa shape index (κ1) is 16.2. The summed E-state index contributed by atoms with van der Waals surface area (Å²) in [6.45, 7) is 3.69. The number of nitrogens with zero attached hydrogens (tertiary/aromatic N) is 2. The molecule has 7 heteroatoms. The summed E-state index contributed by atoms with van der Waals surface area (Å²) in [6, 6.07) is 0.239. The number of aromatic nitrogens is 3. The molecular formula is C18H24N4O3. The highest BCUT2D eigenvalue weighted by Crippen LogP contribution is 2.40. The molecule has 7 nitrogen and oxygen atoms in total. The summed E-state index contributed by atoms with van der Waals surface area (Å²) in [5.41, 5.74) is 2.12. The number of rotatable bonds is 2. The highest BCUT2D eigenvalue weighted by Gasteiger charge is 2.36. The SMILES string of the molecule is Cc1noc(C)c1C1CC(=O)Nc2c1c(=O)[nH]n2C1CCCCCC1. The molecule has 0 spiro atoms. The molecule has 2 N–H and O–H groups in total. The van der Waals surface area contributed by atoms with E-state index in [2.05, 4.69) is 15.6 Å². The molecule has 25 heavy (non-hydrogen) atoms. The molecule has 0 saturated heterocycles. The minimum atomic E-state index is -0.300. The molecule has 0 bridgehead atoms. The van der Waals surface area contributed by atoms with Gasteiger partial charge < -0.3 is 9.84 Å². The number of amides is 1. The third-order valence-corrected chi connectivity index (χ3v) is 5.59. The first-order chi connectivity index (χ1) is 12.1. The highest BCUT2D eigenvalue weighted by molar-refractivity contribution is 5.94. The summed E-state index contributed by atoms with van der Waals surface area (Å²) in [5, 5.41) is 9.94. The highest BCUT2D eigenvalue weighted by atomic mass is 16.5. The monoisotopic (exact) mass is 344 g/mol. The molecule has 2 aromatic heterocycles. The van der Waals surface area contributed by atoms with Gasteiger partial charge in [-0.25, -0.2) is 0 Å². The molecule has 0 aromatic carbocycles. The zero-order chi connectivity index (χ0) is 17.6. The lowest BCUT2D eigenvalue weighted by atomic mass is 9.86. The number of H-pyrrole nitrogens is 1. The van der Waals surface area contributed by atoms with Crippen molar-refractivity contribution >= 4 is 11.7 Å². The van der Waals surface area contributed by atoms with E-state index in [4.69, 9.17) is 4.52 Å². The van der Waals surface area contributed by atoms with E-state index >= 15 is 0 Å². The first-order valence-corrected chi connectivity index (χ1v) is 9.13. The Morgan fingerprint density at radius 2 is 1.80 bits per heavy atom. The summed E-state index contributed by atoms with van der Waals surface area (Å²) in [5.74, 6) is 0.938. The number of anilines is 1. The van der Waals surface area contributed by atoms with E-state index in [0.29, 0.717) is 17.1 Å². The van der Waals surface area contributed by atoms with Crippen molar-refractivity contribution in [2.24, 2.45) is 0 Å². The zero-order valence-corrected chi connectivity index (χ0v) is 14.7. The van der Waals surface area contributed by atoms with Crippen molar-refractivity contribution in [2.75, 3.05) is 5.32 Å². The largest absolute Gasteiger partial charge is 0.361 e. The van der Waals surface area contributed by atoms with Crippen LogP contribution < -0.4 is 10.9 Å². The molecule has 0 radical (unpaired) electrons. The fourth-order valence-corrected chi connectivity index (χ4v) is 4.41. The normalized spacial score (nSPS) is 21.7. The van der Waals surface area contributed by atoms with Crippen LogP contribution in [0.1, 0.15) is 79.5 Å². The van der Waals surface area contributed by atoms with Crippen LogP contribution in [0.3, 0.4) is 0 Å². The van der Waals surface area contributed by atoms with Crippen LogP contribution in [-0.2, 0) is 4.79 Å². The Kier molecular flexibility index (Phi) is 4.01. The van der Waals surface area contributed by atoms with Crippen molar-refractivity contribution < 1.29 is 9.32 Å². The lowest BCUT2D eigenvalue weighted by molar-refractivity contribution is -0.116. The molecule has 1 unspecified atom stereocenters. The van der Waals surface area contributed by atoms with E-state index in [0.717, 1.165) is 36.9 Å². The van der Waals surface area contributed by atoms with Crippen LogP contribution in [0.15, 0.2) is 9.32 Å². The first-order valence-electron chi connectivity index (χ1n) is 9.13. The predicted molar refractivity (Wildman–Crippen MR) is 92.9 cm³/mol. The van der Waals surface area contributed by atoms with Crippen molar-refractivity contribution in [3.05, 3.63) is 32.9 Å². The standard InChI is InChI=1S/C18H24N4O3/c1-10-15(11(2)25-21-10)13-9-14(23)19-17-16(13)18(24)20-22(17)12-7-5-3-4-6-8-12/h12-13H,3-9H2,1-2H3,(H,19,23)(H,20,24). The van der Waals surface area contributed by atoms with E-state index in [1.165, 1.54) is 12.8 Å². The lowest BCUT2D eigenvalue weighted by Gasteiger charge is -2.25. The quantitative estimate of drug-likeness (QED) is 0.819. The van der Waals surface area contributed by atoms with Crippen LogP contribution in [0.2, 0.25) is 0 Å². The summed E-state index contributed by atoms with van der Waals surface area (Å²) in [6.07, 6.45) is 7.08. The summed E-state index contributed by atoms with van der Waals surface area (Å²) < 4.78 is 7.19. The average Bonchev–Trinajstić information content (AvgIpc) is 2.94. The van der Waals surface area contributed by atoms with Crippen molar-refractivity contribution in [3.63, 3.8) is 0 Å². The molecule has 134 valence electrons. The van der Waals surface area contributed by atoms with Crippen LogP contribution >= 0.6 is 0 Å². The van der Waals surface area contributed by atoms with Crippen molar-refractivity contribution in [1.82, 2.24) is 14.9 Å². The number of hydrogen-bond acceptors (Lipinski definition) is 4. The molecule has 1 saturated carbocycles. The molecule has 4 rings (SSSR count). The van der Waals surface area contributed by atoms with Gasteiger partial charge in [-0.3, -0.25) is 19.4 Å². The van der Waals surface area contributed by atoms with Gasteiger partial charge in [0.2, 0.25) is 5.91 Å². The van der Waals surface area contributed by atoms with Gasteiger partial charge >= 0.3 is 0 Å². The smallest absolute Gasteiger partial charge is 0.270 e. The van der Waals surface area contributed by atoms with Gasteiger partial charge in [0.15, 0.2) is 0 Å². The maximum atomic E-state index is 12.8. The number of carbonyl (C=O) groups is 1. The average molecular weight is 344 g/mol. The summed E-state index contributed by atoms with van der Waals surface area (Å²) in [7, 11) is 0. The molecule has 1 aliphatic carbocycles. The number of fused-ring (bicyclic) bond motifs is 1. The summed E-state index contributed by atoms with van der Waals surface area (Å²) >= 11 is 0. The summed E-state index contributed by atoms with van der Waals surface area (Å²) in [4.78, 5) is 25.1. The third kappa shape index (κ3) is 2.71. The fraction of sp³-hybridized carbons (Fsp3) is 0.611. The maximum Gasteiger partial charge on any atom is 0.270 e. The second-order valence-electron chi connectivity index (χ2n) is 7.26. The third-order valence-electron chi connectivity index (χ3n) is 5.59. The Morgan fingerprint density at radius 1 is 1.08 bits per heavy atom. The van der Waals surface area contributed by atoms with Gasteiger partial charge in [0.05, 0.1) is 17.3 Å². The molecule has 2 aromatic rings. The molecule has 3 heterocycles. The zero-order valence-electron chi connectivity index (χ0n) is 14.7. The Balaban J connectivity index is 1.82. The fourth-order valence-electron chi connectivity index (χ4n) is 4.41. The Hall–Kier alpha value is -2.31. The molecule has 2 aliphatic rings. The molecule has 1 atom stereocenters. The van der Waals surface area contributed by atoms with E-state index in [1.807, 2.05) is 18.5 Å². The molecule has 1 amide bonds. The van der Waals surface area contributed by atoms with E-state index in [1.54, 1.807) is 0 Å². The van der Waals surface area contributed by atoms with Gasteiger partial charge in [0.25, 0.3) is 5.56 Å². The molecule has 1 fully saturated rings. The van der Waals surface area contributed by atoms with Gasteiger partial charge in [-0.05, 0) is 26.7 Å². The number of hydrogen-bond donors (Lipinski definition) is 2.